The van der Waals surface area contributed by atoms with Crippen molar-refractivity contribution in [1.82, 2.24) is 15.5 Å². The molecule has 0 aliphatic heterocycles. The molecule has 1 N–H and O–H groups in total. The van der Waals surface area contributed by atoms with Gasteiger partial charge in [0.25, 0.3) is 0 Å². The van der Waals surface area contributed by atoms with Crippen molar-refractivity contribution in [1.29, 1.82) is 0 Å². The average Bonchev–Trinajstić information content (AvgIpc) is 2.82. The van der Waals surface area contributed by atoms with E-state index in [1.165, 1.54) is 5.56 Å². The molecule has 1 aromatic carbocycles. The van der Waals surface area contributed by atoms with Crippen LogP contribution in [0.15, 0.2) is 22.7 Å². The minimum absolute atomic E-state index is 0.998. The standard InChI is InChI=1S/C14H18BrN3S/c1-3-16-6-4-5-13-17-18-14(19-13)11-7-10(2)8-12(15)9-11/h7-9,16H,3-6H2,1-2H3. The lowest BCUT2D eigenvalue weighted by Gasteiger charge is -1.99. The molecule has 1 heterocycles. The molecule has 0 radical (unpaired) electrons. The molecule has 0 saturated heterocycles. The third-order valence-electron chi connectivity index (χ3n) is 2.75. The quantitative estimate of drug-likeness (QED) is 0.813. The molecule has 0 atom stereocenters. The van der Waals surface area contributed by atoms with Crippen LogP contribution >= 0.6 is 27.3 Å². The molecule has 19 heavy (non-hydrogen) atoms. The normalized spacial score (nSPS) is 10.9. The maximum atomic E-state index is 4.29. The molecule has 0 spiro atoms. The van der Waals surface area contributed by atoms with Crippen molar-refractivity contribution in [3.05, 3.63) is 33.2 Å². The van der Waals surface area contributed by atoms with Crippen LogP contribution in [0.1, 0.15) is 23.9 Å². The van der Waals surface area contributed by atoms with Gasteiger partial charge >= 0.3 is 0 Å². The molecular weight excluding hydrogens is 322 g/mol. The summed E-state index contributed by atoms with van der Waals surface area (Å²) in [5, 5.41) is 14.0. The molecule has 2 rings (SSSR count). The van der Waals surface area contributed by atoms with Crippen molar-refractivity contribution in [3.8, 4) is 10.6 Å². The number of hydrogen-bond donors (Lipinski definition) is 1. The second-order valence-electron chi connectivity index (χ2n) is 4.48. The monoisotopic (exact) mass is 339 g/mol. The first-order chi connectivity index (χ1) is 9.19. The van der Waals surface area contributed by atoms with Gasteiger partial charge in [-0.1, -0.05) is 34.2 Å². The van der Waals surface area contributed by atoms with E-state index in [-0.39, 0.29) is 0 Å². The predicted molar refractivity (Wildman–Crippen MR) is 84.6 cm³/mol. The minimum Gasteiger partial charge on any atom is -0.317 e. The van der Waals surface area contributed by atoms with Crippen molar-refractivity contribution in [2.75, 3.05) is 13.1 Å². The second-order valence-corrected chi connectivity index (χ2v) is 6.45. The number of halogens is 1. The zero-order chi connectivity index (χ0) is 13.7. The predicted octanol–water partition coefficient (Wildman–Crippen LogP) is 3.82. The van der Waals surface area contributed by atoms with E-state index in [1.54, 1.807) is 11.3 Å². The van der Waals surface area contributed by atoms with Crippen molar-refractivity contribution < 1.29 is 0 Å². The smallest absolute Gasteiger partial charge is 0.147 e. The van der Waals surface area contributed by atoms with E-state index in [0.29, 0.717) is 0 Å². The van der Waals surface area contributed by atoms with Gasteiger partial charge < -0.3 is 5.32 Å². The summed E-state index contributed by atoms with van der Waals surface area (Å²) in [6, 6.07) is 6.34. The van der Waals surface area contributed by atoms with Crippen molar-refractivity contribution >= 4 is 27.3 Å². The minimum atomic E-state index is 0.998. The Labute approximate surface area is 126 Å². The summed E-state index contributed by atoms with van der Waals surface area (Å²) in [5.74, 6) is 0. The van der Waals surface area contributed by atoms with E-state index in [1.807, 2.05) is 0 Å². The van der Waals surface area contributed by atoms with Gasteiger partial charge in [0.05, 0.1) is 0 Å². The van der Waals surface area contributed by atoms with E-state index >= 15 is 0 Å². The van der Waals surface area contributed by atoms with Gasteiger partial charge in [0.1, 0.15) is 10.0 Å². The Bertz CT molecular complexity index is 519. The summed E-state index contributed by atoms with van der Waals surface area (Å²) in [4.78, 5) is 0. The number of nitrogens with one attached hydrogen (secondary N) is 1. The topological polar surface area (TPSA) is 37.8 Å². The fourth-order valence-electron chi connectivity index (χ4n) is 1.87. The maximum absolute atomic E-state index is 4.29. The zero-order valence-electron chi connectivity index (χ0n) is 11.2. The number of aromatic nitrogens is 2. The molecule has 3 nitrogen and oxygen atoms in total. The lowest BCUT2D eigenvalue weighted by Crippen LogP contribution is -2.14. The molecule has 0 aliphatic rings. The van der Waals surface area contributed by atoms with Gasteiger partial charge in [0, 0.05) is 16.5 Å². The Morgan fingerprint density at radius 3 is 2.84 bits per heavy atom. The molecule has 0 unspecified atom stereocenters. The van der Waals surface area contributed by atoms with E-state index < -0.39 is 0 Å². The Morgan fingerprint density at radius 2 is 2.11 bits per heavy atom. The SMILES string of the molecule is CCNCCCc1nnc(-c2cc(C)cc(Br)c2)s1. The lowest BCUT2D eigenvalue weighted by atomic mass is 10.1. The van der Waals surface area contributed by atoms with E-state index in [2.05, 4.69) is 63.5 Å². The highest BCUT2D eigenvalue weighted by molar-refractivity contribution is 9.10. The summed E-state index contributed by atoms with van der Waals surface area (Å²) in [6.07, 6.45) is 2.11. The summed E-state index contributed by atoms with van der Waals surface area (Å²) in [6.45, 7) is 6.28. The molecular formula is C14H18BrN3S. The first-order valence-electron chi connectivity index (χ1n) is 6.49. The molecule has 0 fully saturated rings. The lowest BCUT2D eigenvalue weighted by molar-refractivity contribution is 0.669. The van der Waals surface area contributed by atoms with Crippen LogP contribution in [-0.4, -0.2) is 23.3 Å². The molecule has 0 amide bonds. The molecule has 0 aliphatic carbocycles. The number of rotatable bonds is 6. The van der Waals surface area contributed by atoms with Gasteiger partial charge in [-0.25, -0.2) is 0 Å². The molecule has 5 heteroatoms. The van der Waals surface area contributed by atoms with E-state index in [9.17, 15) is 0 Å². The number of aryl methyl sites for hydroxylation is 2. The highest BCUT2D eigenvalue weighted by atomic mass is 79.9. The van der Waals surface area contributed by atoms with Gasteiger partial charge in [-0.15, -0.1) is 10.2 Å². The first-order valence-corrected chi connectivity index (χ1v) is 8.10. The largest absolute Gasteiger partial charge is 0.317 e. The fourth-order valence-corrected chi connectivity index (χ4v) is 3.35. The number of nitrogens with zero attached hydrogens (tertiary/aromatic N) is 2. The van der Waals surface area contributed by atoms with Crippen molar-refractivity contribution in [2.24, 2.45) is 0 Å². The van der Waals surface area contributed by atoms with Crippen LogP contribution in [0.25, 0.3) is 10.6 Å². The Hall–Kier alpha value is -0.780. The Kier molecular flexibility index (Phi) is 5.48. The molecule has 2 aromatic rings. The van der Waals surface area contributed by atoms with Gasteiger partial charge in [0.15, 0.2) is 0 Å². The van der Waals surface area contributed by atoms with Crippen molar-refractivity contribution in [3.63, 3.8) is 0 Å². The second kappa shape index (κ2) is 7.12. The van der Waals surface area contributed by atoms with Crippen LogP contribution in [-0.2, 0) is 6.42 Å². The van der Waals surface area contributed by atoms with E-state index in [4.69, 9.17) is 0 Å². The highest BCUT2D eigenvalue weighted by Gasteiger charge is 2.07. The summed E-state index contributed by atoms with van der Waals surface area (Å²) >= 11 is 5.22. The Morgan fingerprint density at radius 1 is 1.26 bits per heavy atom. The number of benzene rings is 1. The zero-order valence-corrected chi connectivity index (χ0v) is 13.6. The van der Waals surface area contributed by atoms with Crippen molar-refractivity contribution in [2.45, 2.75) is 26.7 Å². The third-order valence-corrected chi connectivity index (χ3v) is 4.24. The summed E-state index contributed by atoms with van der Waals surface area (Å²) < 4.78 is 1.09. The van der Waals surface area contributed by atoms with Gasteiger partial charge in [0.2, 0.25) is 0 Å². The van der Waals surface area contributed by atoms with Crippen LogP contribution in [0.2, 0.25) is 0 Å². The van der Waals surface area contributed by atoms with Gasteiger partial charge in [-0.3, -0.25) is 0 Å². The summed E-state index contributed by atoms with van der Waals surface area (Å²) in [5.41, 5.74) is 2.37. The molecule has 102 valence electrons. The summed E-state index contributed by atoms with van der Waals surface area (Å²) in [7, 11) is 0. The van der Waals surface area contributed by atoms with Gasteiger partial charge in [-0.05, 0) is 50.2 Å². The average molecular weight is 340 g/mol. The van der Waals surface area contributed by atoms with Crippen LogP contribution in [0, 0.1) is 6.92 Å². The number of hydrogen-bond acceptors (Lipinski definition) is 4. The third kappa shape index (κ3) is 4.37. The Balaban J connectivity index is 2.03. The van der Waals surface area contributed by atoms with E-state index in [0.717, 1.165) is 46.0 Å². The fraction of sp³-hybridized carbons (Fsp3) is 0.429. The highest BCUT2D eigenvalue weighted by Crippen LogP contribution is 2.27. The molecule has 0 bridgehead atoms. The molecule has 0 saturated carbocycles. The van der Waals surface area contributed by atoms with Crippen LogP contribution in [0.4, 0.5) is 0 Å². The first kappa shape index (κ1) is 14.6. The maximum Gasteiger partial charge on any atom is 0.147 e. The van der Waals surface area contributed by atoms with Gasteiger partial charge in [-0.2, -0.15) is 0 Å². The molecule has 1 aromatic heterocycles. The van der Waals surface area contributed by atoms with Crippen LogP contribution in [0.3, 0.4) is 0 Å². The van der Waals surface area contributed by atoms with Crippen LogP contribution in [0.5, 0.6) is 0 Å². The van der Waals surface area contributed by atoms with Crippen LogP contribution < -0.4 is 5.32 Å².